The van der Waals surface area contributed by atoms with Crippen molar-refractivity contribution in [3.8, 4) is 17.0 Å². The number of hydrogen-bond acceptors (Lipinski definition) is 4. The third-order valence-electron chi connectivity index (χ3n) is 8.06. The molecule has 0 atom stereocenters. The standard InChI is InChI=1S/C37H45N3O4/c1-4-5-27-39(2)33(41)21-13-8-6-7-9-16-26-38-36(42)34-31-19-14-15-20-32(31)40(37(43)29-17-11-10-12-18-29)35(34)28-22-24-30(44-3)25-23-28/h10-12,14-15,17-20,22-25H,4-9,13,16,21,26-27H2,1-3H3,(H,38,42). The number of amides is 2. The van der Waals surface area contributed by atoms with Crippen LogP contribution in [0.2, 0.25) is 0 Å². The molecule has 3 aromatic carbocycles. The average Bonchev–Trinajstić information content (AvgIpc) is 3.41. The number of unbranched alkanes of at least 4 members (excludes halogenated alkanes) is 6. The van der Waals surface area contributed by atoms with E-state index in [4.69, 9.17) is 4.74 Å². The van der Waals surface area contributed by atoms with Crippen LogP contribution in [0.1, 0.15) is 85.4 Å². The second kappa shape index (κ2) is 16.5. The minimum Gasteiger partial charge on any atom is -0.497 e. The molecule has 0 radical (unpaired) electrons. The summed E-state index contributed by atoms with van der Waals surface area (Å²) >= 11 is 0. The summed E-state index contributed by atoms with van der Waals surface area (Å²) in [6, 6.07) is 24.2. The molecule has 7 nitrogen and oxygen atoms in total. The van der Waals surface area contributed by atoms with E-state index in [9.17, 15) is 14.4 Å². The third-order valence-corrected chi connectivity index (χ3v) is 8.06. The molecule has 0 aliphatic carbocycles. The van der Waals surface area contributed by atoms with Crippen molar-refractivity contribution < 1.29 is 19.1 Å². The summed E-state index contributed by atoms with van der Waals surface area (Å²) in [5.41, 5.74) is 3.04. The van der Waals surface area contributed by atoms with Crippen LogP contribution in [0.3, 0.4) is 0 Å². The van der Waals surface area contributed by atoms with Crippen LogP contribution in [0, 0.1) is 0 Å². The molecule has 4 aromatic rings. The first-order valence-electron chi connectivity index (χ1n) is 15.9. The SMILES string of the molecule is CCCCN(C)C(=O)CCCCCCCCNC(=O)c1c(-c2ccc(OC)cc2)n(C(=O)c2ccccc2)c2ccccc12. The molecule has 0 saturated carbocycles. The molecule has 1 heterocycles. The topological polar surface area (TPSA) is 80.6 Å². The molecule has 2 amide bonds. The maximum atomic E-state index is 13.9. The highest BCUT2D eigenvalue weighted by molar-refractivity contribution is 6.17. The highest BCUT2D eigenvalue weighted by atomic mass is 16.5. The van der Waals surface area contributed by atoms with Crippen LogP contribution in [0.4, 0.5) is 0 Å². The Bertz CT molecular complexity index is 1530. The van der Waals surface area contributed by atoms with Gasteiger partial charge in [-0.25, -0.2) is 0 Å². The van der Waals surface area contributed by atoms with Gasteiger partial charge in [-0.2, -0.15) is 0 Å². The second-order valence-electron chi connectivity index (χ2n) is 11.3. The number of para-hydroxylation sites is 1. The fraction of sp³-hybridized carbons (Fsp3) is 0.378. The Kier molecular flexibility index (Phi) is 12.2. The van der Waals surface area contributed by atoms with Crippen LogP contribution in [0.15, 0.2) is 78.9 Å². The molecular weight excluding hydrogens is 550 g/mol. The number of hydrogen-bond donors (Lipinski definition) is 1. The molecular formula is C37H45N3O4. The summed E-state index contributed by atoms with van der Waals surface area (Å²) < 4.78 is 7.02. The van der Waals surface area contributed by atoms with Crippen molar-refractivity contribution in [1.82, 2.24) is 14.8 Å². The fourth-order valence-corrected chi connectivity index (χ4v) is 5.52. The Morgan fingerprint density at radius 1 is 0.795 bits per heavy atom. The molecule has 0 spiro atoms. The highest BCUT2D eigenvalue weighted by Crippen LogP contribution is 2.35. The van der Waals surface area contributed by atoms with Crippen molar-refractivity contribution in [3.63, 3.8) is 0 Å². The van der Waals surface area contributed by atoms with Gasteiger partial charge in [0.25, 0.3) is 11.8 Å². The monoisotopic (exact) mass is 595 g/mol. The van der Waals surface area contributed by atoms with Crippen LogP contribution in [-0.4, -0.2) is 54.4 Å². The van der Waals surface area contributed by atoms with Gasteiger partial charge in [-0.15, -0.1) is 0 Å². The summed E-state index contributed by atoms with van der Waals surface area (Å²) in [5.74, 6) is 0.544. The largest absolute Gasteiger partial charge is 0.497 e. The van der Waals surface area contributed by atoms with E-state index in [1.807, 2.05) is 78.7 Å². The Hall–Kier alpha value is -4.39. The first kappa shape index (κ1) is 32.5. The van der Waals surface area contributed by atoms with Gasteiger partial charge in [-0.3, -0.25) is 19.0 Å². The smallest absolute Gasteiger partial charge is 0.262 e. The Morgan fingerprint density at radius 3 is 2.16 bits per heavy atom. The van der Waals surface area contributed by atoms with E-state index in [-0.39, 0.29) is 17.7 Å². The number of fused-ring (bicyclic) bond motifs is 1. The van der Waals surface area contributed by atoms with Crippen molar-refractivity contribution in [2.75, 3.05) is 27.2 Å². The maximum absolute atomic E-state index is 13.9. The normalized spacial score (nSPS) is 11.0. The molecule has 1 N–H and O–H groups in total. The number of aromatic nitrogens is 1. The molecule has 0 aliphatic rings. The minimum absolute atomic E-state index is 0.194. The molecule has 44 heavy (non-hydrogen) atoms. The second-order valence-corrected chi connectivity index (χ2v) is 11.3. The average molecular weight is 596 g/mol. The lowest BCUT2D eigenvalue weighted by Gasteiger charge is -2.16. The molecule has 4 rings (SSSR count). The number of benzene rings is 3. The lowest BCUT2D eigenvalue weighted by molar-refractivity contribution is -0.130. The van der Waals surface area contributed by atoms with Crippen LogP contribution in [0.5, 0.6) is 5.75 Å². The Labute approximate surface area is 261 Å². The first-order chi connectivity index (χ1) is 21.5. The summed E-state index contributed by atoms with van der Waals surface area (Å²) in [5, 5.41) is 3.86. The maximum Gasteiger partial charge on any atom is 0.262 e. The first-order valence-corrected chi connectivity index (χ1v) is 15.9. The number of carbonyl (C=O) groups is 3. The van der Waals surface area contributed by atoms with Crippen LogP contribution < -0.4 is 10.1 Å². The predicted octanol–water partition coefficient (Wildman–Crippen LogP) is 7.72. The van der Waals surface area contributed by atoms with Crippen molar-refractivity contribution in [2.45, 2.75) is 64.7 Å². The number of ether oxygens (including phenoxy) is 1. The zero-order valence-corrected chi connectivity index (χ0v) is 26.3. The number of rotatable bonds is 16. The quantitative estimate of drug-likeness (QED) is 0.135. The van der Waals surface area contributed by atoms with Gasteiger partial charge >= 0.3 is 0 Å². The molecule has 0 bridgehead atoms. The number of methoxy groups -OCH3 is 1. The van der Waals surface area contributed by atoms with Gasteiger partial charge in [-0.05, 0) is 67.3 Å². The zero-order valence-electron chi connectivity index (χ0n) is 26.3. The van der Waals surface area contributed by atoms with E-state index in [0.717, 1.165) is 68.9 Å². The third kappa shape index (κ3) is 8.16. The van der Waals surface area contributed by atoms with Gasteiger partial charge in [0.15, 0.2) is 0 Å². The molecule has 0 saturated heterocycles. The summed E-state index contributed by atoms with van der Waals surface area (Å²) in [6.45, 7) is 3.53. The van der Waals surface area contributed by atoms with Crippen molar-refractivity contribution in [2.24, 2.45) is 0 Å². The minimum atomic E-state index is -0.197. The van der Waals surface area contributed by atoms with E-state index >= 15 is 0 Å². The van der Waals surface area contributed by atoms with E-state index in [2.05, 4.69) is 12.2 Å². The molecule has 1 aromatic heterocycles. The summed E-state index contributed by atoms with van der Waals surface area (Å²) in [4.78, 5) is 41.8. The number of nitrogens with one attached hydrogen (secondary N) is 1. The van der Waals surface area contributed by atoms with E-state index in [0.29, 0.717) is 41.1 Å². The van der Waals surface area contributed by atoms with Gasteiger partial charge in [0.1, 0.15) is 5.75 Å². The molecule has 0 unspecified atom stereocenters. The van der Waals surface area contributed by atoms with Gasteiger partial charge < -0.3 is 15.0 Å². The predicted molar refractivity (Wildman–Crippen MR) is 177 cm³/mol. The fourth-order valence-electron chi connectivity index (χ4n) is 5.52. The summed E-state index contributed by atoms with van der Waals surface area (Å²) in [7, 11) is 3.50. The molecule has 0 aliphatic heterocycles. The summed E-state index contributed by atoms with van der Waals surface area (Å²) in [6.07, 6.45) is 8.75. The molecule has 232 valence electrons. The lowest BCUT2D eigenvalue weighted by Crippen LogP contribution is -2.27. The molecule has 7 heteroatoms. The van der Waals surface area contributed by atoms with Crippen molar-refractivity contribution in [1.29, 1.82) is 0 Å². The van der Waals surface area contributed by atoms with Crippen LogP contribution in [-0.2, 0) is 4.79 Å². The van der Waals surface area contributed by atoms with Gasteiger partial charge in [-0.1, -0.05) is 75.4 Å². The Morgan fingerprint density at radius 2 is 1.45 bits per heavy atom. The van der Waals surface area contributed by atoms with Gasteiger partial charge in [0.05, 0.1) is 23.9 Å². The lowest BCUT2D eigenvalue weighted by atomic mass is 10.0. The highest BCUT2D eigenvalue weighted by Gasteiger charge is 2.27. The van der Waals surface area contributed by atoms with Crippen molar-refractivity contribution >= 4 is 28.6 Å². The molecule has 0 fully saturated rings. The number of nitrogens with zero attached hydrogens (tertiary/aromatic N) is 2. The van der Waals surface area contributed by atoms with E-state index in [1.165, 1.54) is 0 Å². The van der Waals surface area contributed by atoms with Crippen molar-refractivity contribution in [3.05, 3.63) is 90.0 Å². The number of carbonyl (C=O) groups excluding carboxylic acids is 3. The van der Waals surface area contributed by atoms with Gasteiger partial charge in [0.2, 0.25) is 5.91 Å². The van der Waals surface area contributed by atoms with Crippen LogP contribution >= 0.6 is 0 Å². The van der Waals surface area contributed by atoms with Gasteiger partial charge in [0, 0.05) is 37.5 Å². The zero-order chi connectivity index (χ0) is 31.3. The Balaban J connectivity index is 1.43. The van der Waals surface area contributed by atoms with E-state index < -0.39 is 0 Å². The van der Waals surface area contributed by atoms with E-state index in [1.54, 1.807) is 23.8 Å². The van der Waals surface area contributed by atoms with Crippen LogP contribution in [0.25, 0.3) is 22.2 Å².